The number of ether oxygens (including phenoxy) is 2. The Bertz CT molecular complexity index is 862. The highest BCUT2D eigenvalue weighted by molar-refractivity contribution is 9.10. The van der Waals surface area contributed by atoms with E-state index in [0.29, 0.717) is 30.2 Å². The second-order valence-corrected chi connectivity index (χ2v) is 8.47. The Hall–Kier alpha value is -2.38. The maximum Gasteiger partial charge on any atom is 0.262 e. The van der Waals surface area contributed by atoms with Crippen LogP contribution in [0.5, 0.6) is 5.75 Å². The predicted molar refractivity (Wildman–Crippen MR) is 118 cm³/mol. The molecule has 156 valence electrons. The maximum atomic E-state index is 12.3. The van der Waals surface area contributed by atoms with Crippen LogP contribution in [-0.4, -0.2) is 38.7 Å². The van der Waals surface area contributed by atoms with Crippen molar-refractivity contribution in [2.75, 3.05) is 32.2 Å². The number of methoxy groups -OCH3 is 1. The topological polar surface area (TPSA) is 76.7 Å². The maximum absolute atomic E-state index is 12.3. The number of carbonyl (C=O) groups excluding carboxylic acids is 2. The van der Waals surface area contributed by atoms with Crippen LogP contribution in [0.1, 0.15) is 36.7 Å². The van der Waals surface area contributed by atoms with Crippen molar-refractivity contribution in [3.05, 3.63) is 58.1 Å². The van der Waals surface area contributed by atoms with Crippen LogP contribution < -0.4 is 15.4 Å². The van der Waals surface area contributed by atoms with Crippen LogP contribution >= 0.6 is 15.9 Å². The summed E-state index contributed by atoms with van der Waals surface area (Å²) in [4.78, 5) is 24.5. The largest absolute Gasteiger partial charge is 0.483 e. The Morgan fingerprint density at radius 1 is 1.10 bits per heavy atom. The van der Waals surface area contributed by atoms with Crippen LogP contribution in [0.4, 0.5) is 5.69 Å². The standard InChI is InChI=1S/C22H27BrN2O4/c1-22(2,3)18-13-16(23)8-9-19(18)29-14-20(26)25-17-7-5-6-15(12-17)21(27)24-10-11-28-4/h5-9,12-13H,10-11,14H2,1-4H3,(H,24,27)(H,25,26). The molecule has 2 rings (SSSR count). The molecule has 0 aliphatic carbocycles. The van der Waals surface area contributed by atoms with E-state index in [1.54, 1.807) is 31.4 Å². The van der Waals surface area contributed by atoms with Gasteiger partial charge in [-0.05, 0) is 41.8 Å². The molecule has 0 spiro atoms. The van der Waals surface area contributed by atoms with Crippen molar-refractivity contribution in [2.45, 2.75) is 26.2 Å². The summed E-state index contributed by atoms with van der Waals surface area (Å²) in [5.74, 6) is 0.144. The molecular weight excluding hydrogens is 436 g/mol. The first kappa shape index (κ1) is 22.9. The van der Waals surface area contributed by atoms with Gasteiger partial charge in [0.15, 0.2) is 6.61 Å². The molecule has 0 radical (unpaired) electrons. The summed E-state index contributed by atoms with van der Waals surface area (Å²) >= 11 is 3.48. The van der Waals surface area contributed by atoms with Crippen molar-refractivity contribution < 1.29 is 19.1 Å². The number of anilines is 1. The monoisotopic (exact) mass is 462 g/mol. The summed E-state index contributed by atoms with van der Waals surface area (Å²) < 4.78 is 11.6. The normalized spacial score (nSPS) is 11.1. The Labute approximate surface area is 180 Å². The molecule has 2 aromatic carbocycles. The molecule has 2 N–H and O–H groups in total. The van der Waals surface area contributed by atoms with E-state index in [1.165, 1.54) is 0 Å². The van der Waals surface area contributed by atoms with E-state index in [0.717, 1.165) is 10.0 Å². The lowest BCUT2D eigenvalue weighted by Gasteiger charge is -2.23. The zero-order valence-electron chi connectivity index (χ0n) is 17.2. The van der Waals surface area contributed by atoms with Gasteiger partial charge in [0.1, 0.15) is 5.75 Å². The number of halogens is 1. The first-order valence-electron chi connectivity index (χ1n) is 9.30. The quantitative estimate of drug-likeness (QED) is 0.577. The van der Waals surface area contributed by atoms with E-state index < -0.39 is 0 Å². The van der Waals surface area contributed by atoms with Crippen molar-refractivity contribution in [1.82, 2.24) is 5.32 Å². The number of hydrogen-bond acceptors (Lipinski definition) is 4. The van der Waals surface area contributed by atoms with Gasteiger partial charge in [-0.15, -0.1) is 0 Å². The van der Waals surface area contributed by atoms with E-state index in [4.69, 9.17) is 9.47 Å². The van der Waals surface area contributed by atoms with Crippen molar-refractivity contribution in [3.8, 4) is 5.75 Å². The summed E-state index contributed by atoms with van der Waals surface area (Å²) in [5.41, 5.74) is 1.88. The third kappa shape index (κ3) is 7.18. The number of hydrogen-bond donors (Lipinski definition) is 2. The molecular formula is C22H27BrN2O4. The molecule has 0 saturated carbocycles. The lowest BCUT2D eigenvalue weighted by molar-refractivity contribution is -0.118. The van der Waals surface area contributed by atoms with Gasteiger partial charge >= 0.3 is 0 Å². The van der Waals surface area contributed by atoms with E-state index in [-0.39, 0.29) is 23.8 Å². The van der Waals surface area contributed by atoms with Crippen LogP contribution in [-0.2, 0) is 14.9 Å². The summed E-state index contributed by atoms with van der Waals surface area (Å²) in [6, 6.07) is 12.5. The lowest BCUT2D eigenvalue weighted by Crippen LogP contribution is -2.27. The zero-order valence-corrected chi connectivity index (χ0v) is 18.8. The fourth-order valence-electron chi connectivity index (χ4n) is 2.66. The summed E-state index contributed by atoms with van der Waals surface area (Å²) in [5, 5.41) is 5.51. The first-order chi connectivity index (χ1) is 13.7. The molecule has 2 amide bonds. The molecule has 0 heterocycles. The minimum atomic E-state index is -0.301. The third-order valence-corrected chi connectivity index (χ3v) is 4.60. The second-order valence-electron chi connectivity index (χ2n) is 7.56. The number of benzene rings is 2. The van der Waals surface area contributed by atoms with Gasteiger partial charge in [0, 0.05) is 34.9 Å². The van der Waals surface area contributed by atoms with Gasteiger partial charge in [0.05, 0.1) is 6.61 Å². The zero-order chi connectivity index (χ0) is 21.4. The van der Waals surface area contributed by atoms with Gasteiger partial charge in [-0.2, -0.15) is 0 Å². The number of amides is 2. The van der Waals surface area contributed by atoms with Crippen molar-refractivity contribution in [3.63, 3.8) is 0 Å². The van der Waals surface area contributed by atoms with Gasteiger partial charge in [0.25, 0.3) is 11.8 Å². The Kier molecular flexibility index (Phi) is 8.22. The van der Waals surface area contributed by atoms with E-state index in [9.17, 15) is 9.59 Å². The molecule has 0 fully saturated rings. The highest BCUT2D eigenvalue weighted by atomic mass is 79.9. The minimum Gasteiger partial charge on any atom is -0.483 e. The van der Waals surface area contributed by atoms with E-state index >= 15 is 0 Å². The fraction of sp³-hybridized carbons (Fsp3) is 0.364. The predicted octanol–water partition coefficient (Wildman–Crippen LogP) is 4.14. The van der Waals surface area contributed by atoms with Crippen LogP contribution in [0.2, 0.25) is 0 Å². The molecule has 0 aromatic heterocycles. The Morgan fingerprint density at radius 3 is 2.55 bits per heavy atom. The van der Waals surface area contributed by atoms with Crippen molar-refractivity contribution in [1.29, 1.82) is 0 Å². The van der Waals surface area contributed by atoms with Crippen LogP contribution in [0.25, 0.3) is 0 Å². The summed E-state index contributed by atoms with van der Waals surface area (Å²) in [6.45, 7) is 6.99. The number of carbonyl (C=O) groups is 2. The number of rotatable bonds is 8. The highest BCUT2D eigenvalue weighted by Crippen LogP contribution is 2.33. The van der Waals surface area contributed by atoms with Gasteiger partial charge in [-0.1, -0.05) is 42.8 Å². The lowest BCUT2D eigenvalue weighted by atomic mass is 9.86. The average Bonchev–Trinajstić information content (AvgIpc) is 2.66. The molecule has 0 saturated heterocycles. The molecule has 0 aliphatic heterocycles. The second kappa shape index (κ2) is 10.4. The Morgan fingerprint density at radius 2 is 1.86 bits per heavy atom. The highest BCUT2D eigenvalue weighted by Gasteiger charge is 2.20. The average molecular weight is 463 g/mol. The first-order valence-corrected chi connectivity index (χ1v) is 10.1. The Balaban J connectivity index is 1.99. The van der Waals surface area contributed by atoms with Gasteiger partial charge in [-0.25, -0.2) is 0 Å². The van der Waals surface area contributed by atoms with Crippen LogP contribution in [0.3, 0.4) is 0 Å². The summed E-state index contributed by atoms with van der Waals surface area (Å²) in [7, 11) is 1.57. The van der Waals surface area contributed by atoms with E-state index in [1.807, 2.05) is 18.2 Å². The molecule has 0 unspecified atom stereocenters. The molecule has 2 aromatic rings. The molecule has 29 heavy (non-hydrogen) atoms. The van der Waals surface area contributed by atoms with Crippen LogP contribution in [0, 0.1) is 0 Å². The van der Waals surface area contributed by atoms with Gasteiger partial charge < -0.3 is 20.1 Å². The molecule has 7 heteroatoms. The molecule has 6 nitrogen and oxygen atoms in total. The third-order valence-electron chi connectivity index (χ3n) is 4.11. The van der Waals surface area contributed by atoms with E-state index in [2.05, 4.69) is 47.3 Å². The van der Waals surface area contributed by atoms with Crippen molar-refractivity contribution >= 4 is 33.4 Å². The fourth-order valence-corrected chi connectivity index (χ4v) is 3.02. The molecule has 0 bridgehead atoms. The molecule has 0 atom stereocenters. The van der Waals surface area contributed by atoms with Crippen molar-refractivity contribution in [2.24, 2.45) is 0 Å². The molecule has 0 aliphatic rings. The van der Waals surface area contributed by atoms with Gasteiger partial charge in [0.2, 0.25) is 0 Å². The van der Waals surface area contributed by atoms with Gasteiger partial charge in [-0.3, -0.25) is 9.59 Å². The summed E-state index contributed by atoms with van der Waals surface area (Å²) in [6.07, 6.45) is 0. The SMILES string of the molecule is COCCNC(=O)c1cccc(NC(=O)COc2ccc(Br)cc2C(C)(C)C)c1. The smallest absolute Gasteiger partial charge is 0.262 e. The minimum absolute atomic E-state index is 0.125. The van der Waals surface area contributed by atoms with Crippen LogP contribution in [0.15, 0.2) is 46.9 Å². The number of nitrogens with one attached hydrogen (secondary N) is 2.